The van der Waals surface area contributed by atoms with Crippen molar-refractivity contribution in [3.05, 3.63) is 33.4 Å². The van der Waals surface area contributed by atoms with Crippen molar-refractivity contribution in [2.45, 2.75) is 32.2 Å². The minimum absolute atomic E-state index is 0.524. The van der Waals surface area contributed by atoms with Gasteiger partial charge in [0.2, 0.25) is 0 Å². The summed E-state index contributed by atoms with van der Waals surface area (Å²) in [5, 5.41) is 0. The van der Waals surface area contributed by atoms with E-state index in [1.807, 2.05) is 0 Å². The van der Waals surface area contributed by atoms with Crippen LogP contribution in [-0.2, 0) is 0 Å². The van der Waals surface area contributed by atoms with Crippen LogP contribution >= 0.6 is 22.6 Å². The molecule has 1 saturated heterocycles. The number of hydrogen-bond acceptors (Lipinski definition) is 2. The van der Waals surface area contributed by atoms with E-state index in [2.05, 4.69) is 70.6 Å². The Morgan fingerprint density at radius 3 is 2.53 bits per heavy atom. The number of piperidine rings is 1. The second-order valence-electron chi connectivity index (χ2n) is 5.47. The smallest absolute Gasteiger partial charge is 0.0482 e. The number of benzene rings is 1. The Hall–Kier alpha value is -0.130. The van der Waals surface area contributed by atoms with Crippen LogP contribution in [0.15, 0.2) is 24.3 Å². The van der Waals surface area contributed by atoms with Crippen molar-refractivity contribution in [3.8, 4) is 0 Å². The second kappa shape index (κ2) is 7.60. The molecule has 3 heteroatoms. The minimum atomic E-state index is 0.524. The van der Waals surface area contributed by atoms with E-state index in [0.29, 0.717) is 6.04 Å². The van der Waals surface area contributed by atoms with Gasteiger partial charge in [-0.2, -0.15) is 0 Å². The largest absolute Gasteiger partial charge is 0.301 e. The Bertz CT molecular complexity index is 388. The monoisotopic (exact) mass is 372 g/mol. The highest BCUT2D eigenvalue weighted by molar-refractivity contribution is 14.1. The average Bonchev–Trinajstić information content (AvgIpc) is 2.46. The first kappa shape index (κ1) is 15.3. The topological polar surface area (TPSA) is 6.48 Å². The summed E-state index contributed by atoms with van der Waals surface area (Å²) in [5.74, 6) is 0. The fourth-order valence-corrected chi connectivity index (χ4v) is 3.57. The molecule has 1 fully saturated rings. The normalized spacial score (nSPS) is 18.7. The highest BCUT2D eigenvalue weighted by atomic mass is 127. The third kappa shape index (κ3) is 4.17. The maximum Gasteiger partial charge on any atom is 0.0482 e. The number of rotatable bonds is 5. The van der Waals surface area contributed by atoms with Gasteiger partial charge in [-0.25, -0.2) is 0 Å². The lowest BCUT2D eigenvalue weighted by atomic mass is 10.0. The summed E-state index contributed by atoms with van der Waals surface area (Å²) >= 11 is 2.47. The SMILES string of the molecule is CCN(C)C(CN1CCCCC1)c1ccccc1I. The van der Waals surface area contributed by atoms with Gasteiger partial charge < -0.3 is 4.90 Å². The molecule has 2 nitrogen and oxygen atoms in total. The predicted octanol–water partition coefficient (Wildman–Crippen LogP) is 3.77. The van der Waals surface area contributed by atoms with Gasteiger partial charge in [0.05, 0.1) is 0 Å². The molecular weight excluding hydrogens is 347 g/mol. The lowest BCUT2D eigenvalue weighted by Crippen LogP contribution is -2.39. The first-order valence-corrected chi connectivity index (χ1v) is 8.47. The van der Waals surface area contributed by atoms with E-state index in [4.69, 9.17) is 0 Å². The van der Waals surface area contributed by atoms with Gasteiger partial charge in [0.1, 0.15) is 0 Å². The van der Waals surface area contributed by atoms with Crippen molar-refractivity contribution in [2.75, 3.05) is 33.2 Å². The molecular formula is C16H25IN2. The number of nitrogens with zero attached hydrogens (tertiary/aromatic N) is 2. The fourth-order valence-electron chi connectivity index (χ4n) is 2.83. The summed E-state index contributed by atoms with van der Waals surface area (Å²) in [5.41, 5.74) is 1.48. The van der Waals surface area contributed by atoms with Crippen LogP contribution in [0.3, 0.4) is 0 Å². The molecule has 0 spiro atoms. The lowest BCUT2D eigenvalue weighted by molar-refractivity contribution is 0.148. The van der Waals surface area contributed by atoms with Gasteiger partial charge in [0.25, 0.3) is 0 Å². The highest BCUT2D eigenvalue weighted by Crippen LogP contribution is 2.26. The summed E-state index contributed by atoms with van der Waals surface area (Å²) in [6.07, 6.45) is 4.15. The molecule has 106 valence electrons. The van der Waals surface area contributed by atoms with Crippen LogP contribution in [0.25, 0.3) is 0 Å². The molecule has 0 bridgehead atoms. The van der Waals surface area contributed by atoms with Crippen LogP contribution in [0.1, 0.15) is 37.8 Å². The number of halogens is 1. The molecule has 0 radical (unpaired) electrons. The van der Waals surface area contributed by atoms with E-state index in [1.54, 1.807) is 0 Å². The van der Waals surface area contributed by atoms with Crippen molar-refractivity contribution >= 4 is 22.6 Å². The molecule has 0 N–H and O–H groups in total. The van der Waals surface area contributed by atoms with Gasteiger partial charge in [-0.1, -0.05) is 31.5 Å². The Morgan fingerprint density at radius 1 is 1.21 bits per heavy atom. The molecule has 1 aromatic carbocycles. The fraction of sp³-hybridized carbons (Fsp3) is 0.625. The van der Waals surface area contributed by atoms with E-state index in [1.165, 1.54) is 48.0 Å². The third-order valence-corrected chi connectivity index (χ3v) is 5.16. The zero-order valence-electron chi connectivity index (χ0n) is 12.1. The highest BCUT2D eigenvalue weighted by Gasteiger charge is 2.22. The lowest BCUT2D eigenvalue weighted by Gasteiger charge is -2.35. The molecule has 1 aliphatic heterocycles. The summed E-state index contributed by atoms with van der Waals surface area (Å²) in [6.45, 7) is 7.07. The molecule has 0 aliphatic carbocycles. The Kier molecular flexibility index (Phi) is 6.10. The van der Waals surface area contributed by atoms with E-state index in [-0.39, 0.29) is 0 Å². The summed E-state index contributed by atoms with van der Waals surface area (Å²) in [7, 11) is 2.25. The van der Waals surface area contributed by atoms with Crippen LogP contribution in [0.5, 0.6) is 0 Å². The number of likely N-dealkylation sites (tertiary alicyclic amines) is 1. The van der Waals surface area contributed by atoms with Crippen molar-refractivity contribution in [1.82, 2.24) is 9.80 Å². The van der Waals surface area contributed by atoms with Gasteiger partial charge >= 0.3 is 0 Å². The molecule has 1 heterocycles. The maximum absolute atomic E-state index is 2.64. The standard InChI is InChI=1S/C16H25IN2/c1-3-18(2)16(13-19-11-7-4-8-12-19)14-9-5-6-10-15(14)17/h5-6,9-10,16H,3-4,7-8,11-13H2,1-2H3. The van der Waals surface area contributed by atoms with Crippen LogP contribution in [0.4, 0.5) is 0 Å². The van der Waals surface area contributed by atoms with Gasteiger partial charge in [-0.3, -0.25) is 4.90 Å². The number of hydrogen-bond donors (Lipinski definition) is 0. The van der Waals surface area contributed by atoms with Crippen LogP contribution in [0.2, 0.25) is 0 Å². The molecule has 1 unspecified atom stereocenters. The molecule has 19 heavy (non-hydrogen) atoms. The third-order valence-electron chi connectivity index (χ3n) is 4.17. The molecule has 1 atom stereocenters. The van der Waals surface area contributed by atoms with Crippen LogP contribution in [0, 0.1) is 3.57 Å². The zero-order valence-corrected chi connectivity index (χ0v) is 14.3. The molecule has 2 rings (SSSR count). The van der Waals surface area contributed by atoms with Crippen molar-refractivity contribution in [3.63, 3.8) is 0 Å². The minimum Gasteiger partial charge on any atom is -0.301 e. The summed E-state index contributed by atoms with van der Waals surface area (Å²) < 4.78 is 1.39. The van der Waals surface area contributed by atoms with Gasteiger partial charge in [-0.05, 0) is 73.7 Å². The Balaban J connectivity index is 2.13. The molecule has 0 aromatic heterocycles. The van der Waals surface area contributed by atoms with E-state index < -0.39 is 0 Å². The van der Waals surface area contributed by atoms with Crippen molar-refractivity contribution in [2.24, 2.45) is 0 Å². The Morgan fingerprint density at radius 2 is 1.89 bits per heavy atom. The molecule has 0 saturated carbocycles. The van der Waals surface area contributed by atoms with Crippen molar-refractivity contribution in [1.29, 1.82) is 0 Å². The summed E-state index contributed by atoms with van der Waals surface area (Å²) in [6, 6.07) is 9.35. The maximum atomic E-state index is 2.64. The second-order valence-corrected chi connectivity index (χ2v) is 6.63. The zero-order chi connectivity index (χ0) is 13.7. The van der Waals surface area contributed by atoms with E-state index >= 15 is 0 Å². The Labute approximate surface area is 131 Å². The van der Waals surface area contributed by atoms with Gasteiger partial charge in [0.15, 0.2) is 0 Å². The summed E-state index contributed by atoms with van der Waals surface area (Å²) in [4.78, 5) is 5.12. The first-order valence-electron chi connectivity index (χ1n) is 7.39. The van der Waals surface area contributed by atoms with Gasteiger partial charge in [-0.15, -0.1) is 0 Å². The average molecular weight is 372 g/mol. The van der Waals surface area contributed by atoms with Crippen molar-refractivity contribution < 1.29 is 0 Å². The molecule has 1 aromatic rings. The van der Waals surface area contributed by atoms with E-state index in [0.717, 1.165) is 6.54 Å². The van der Waals surface area contributed by atoms with Crippen LogP contribution in [-0.4, -0.2) is 43.0 Å². The quantitative estimate of drug-likeness (QED) is 0.726. The first-order chi connectivity index (χ1) is 9.22. The van der Waals surface area contributed by atoms with E-state index in [9.17, 15) is 0 Å². The van der Waals surface area contributed by atoms with Gasteiger partial charge in [0, 0.05) is 16.2 Å². The predicted molar refractivity (Wildman–Crippen MR) is 90.5 cm³/mol. The molecule has 1 aliphatic rings. The number of likely N-dealkylation sites (N-methyl/N-ethyl adjacent to an activating group) is 1. The molecule has 0 amide bonds. The van der Waals surface area contributed by atoms with Crippen LogP contribution < -0.4 is 0 Å².